The first-order chi connectivity index (χ1) is 9.97. The van der Waals surface area contributed by atoms with Crippen LogP contribution >= 0.6 is 0 Å². The van der Waals surface area contributed by atoms with Gasteiger partial charge in [0.15, 0.2) is 17.2 Å². The molecule has 0 saturated heterocycles. The van der Waals surface area contributed by atoms with Crippen molar-refractivity contribution in [1.82, 2.24) is 0 Å². The summed E-state index contributed by atoms with van der Waals surface area (Å²) < 4.78 is 5.43. The van der Waals surface area contributed by atoms with E-state index in [0.29, 0.717) is 10.9 Å². The summed E-state index contributed by atoms with van der Waals surface area (Å²) in [5.41, 5.74) is 0.294. The maximum atomic E-state index is 10.0. The van der Waals surface area contributed by atoms with Crippen molar-refractivity contribution in [2.24, 2.45) is 0 Å². The summed E-state index contributed by atoms with van der Waals surface area (Å²) in [5.74, 6) is -1.70. The Bertz CT molecular complexity index is 862. The van der Waals surface area contributed by atoms with Crippen LogP contribution in [0.5, 0.6) is 28.7 Å². The molecule has 0 spiro atoms. The molecule has 0 unspecified atom stereocenters. The largest absolute Gasteiger partial charge is 1.00 e. The Morgan fingerprint density at radius 1 is 0.682 bits per heavy atom. The molecule has 7 heteroatoms. The van der Waals surface area contributed by atoms with Gasteiger partial charge in [0.05, 0.1) is 10.9 Å². The minimum absolute atomic E-state index is 0. The lowest BCUT2D eigenvalue weighted by Gasteiger charge is -2.01. The first-order valence-corrected chi connectivity index (χ1v) is 6.00. The van der Waals surface area contributed by atoms with Crippen molar-refractivity contribution in [2.45, 2.75) is 0 Å². The molecule has 0 aliphatic rings. The molecular weight excluding hydrogens is 312 g/mol. The fourth-order valence-electron chi connectivity index (χ4n) is 2.04. The predicted octanol–water partition coefficient (Wildman–Crippen LogP) is -0.0871. The summed E-state index contributed by atoms with van der Waals surface area (Å²) in [4.78, 5) is 0. The second-order valence-corrected chi connectivity index (χ2v) is 4.52. The highest BCUT2D eigenvalue weighted by Gasteiger charge is 2.26. The number of fused-ring (bicyclic) bond motifs is 1. The van der Waals surface area contributed by atoms with Crippen LogP contribution < -0.4 is 12.4 Å². The lowest BCUT2D eigenvalue weighted by molar-refractivity contribution is -0.00000894. The summed E-state index contributed by atoms with van der Waals surface area (Å²) >= 11 is 0. The number of phenols is 4. The number of aromatic hydroxyl groups is 5. The van der Waals surface area contributed by atoms with E-state index in [1.807, 2.05) is 0 Å². The highest BCUT2D eigenvalue weighted by atomic mass is 35.5. The van der Waals surface area contributed by atoms with E-state index in [1.54, 1.807) is 0 Å². The van der Waals surface area contributed by atoms with Gasteiger partial charge in [-0.25, -0.2) is 0 Å². The molecule has 0 atom stereocenters. The van der Waals surface area contributed by atoms with Gasteiger partial charge < -0.3 is 37.9 Å². The molecule has 0 saturated carbocycles. The van der Waals surface area contributed by atoms with E-state index in [9.17, 15) is 25.5 Å². The molecule has 0 fully saturated rings. The number of halogens is 1. The molecule has 0 radical (unpaired) electrons. The normalized spacial score (nSPS) is 10.4. The summed E-state index contributed by atoms with van der Waals surface area (Å²) in [6.07, 6.45) is 0. The third kappa shape index (κ3) is 2.40. The first kappa shape index (κ1) is 15.5. The Kier molecular flexibility index (Phi) is 3.88. The zero-order valence-electron chi connectivity index (χ0n) is 11.0. The van der Waals surface area contributed by atoms with Gasteiger partial charge in [0.2, 0.25) is 5.75 Å². The molecule has 1 aromatic heterocycles. The van der Waals surface area contributed by atoms with Gasteiger partial charge in [-0.05, 0) is 24.3 Å². The number of hydrogen-bond acceptors (Lipinski definition) is 5. The van der Waals surface area contributed by atoms with Crippen LogP contribution in [0, 0.1) is 0 Å². The summed E-state index contributed by atoms with van der Waals surface area (Å²) in [5, 5.41) is 48.5. The highest BCUT2D eigenvalue weighted by Crippen LogP contribution is 2.41. The van der Waals surface area contributed by atoms with Gasteiger partial charge in [0, 0.05) is 12.1 Å². The molecule has 3 aromatic rings. The quantitative estimate of drug-likeness (QED) is 0.316. The van der Waals surface area contributed by atoms with Gasteiger partial charge in [0.1, 0.15) is 0 Å². The van der Waals surface area contributed by atoms with Crippen LogP contribution in [0.15, 0.2) is 40.8 Å². The molecule has 1 heterocycles. The summed E-state index contributed by atoms with van der Waals surface area (Å²) in [6, 6.07) is 7.99. The molecule has 5 N–H and O–H groups in total. The lowest BCUT2D eigenvalue weighted by atomic mass is 10.1. The van der Waals surface area contributed by atoms with Crippen molar-refractivity contribution >= 4 is 11.0 Å². The predicted molar refractivity (Wildman–Crippen MR) is 74.4 cm³/mol. The molecule has 6 nitrogen and oxygen atoms in total. The number of rotatable bonds is 1. The van der Waals surface area contributed by atoms with Gasteiger partial charge in [0.25, 0.3) is 5.75 Å². The molecule has 0 aliphatic heterocycles. The Morgan fingerprint density at radius 3 is 2.05 bits per heavy atom. The van der Waals surface area contributed by atoms with Gasteiger partial charge in [-0.15, -0.1) is 0 Å². The van der Waals surface area contributed by atoms with Crippen LogP contribution in [0.4, 0.5) is 0 Å². The van der Waals surface area contributed by atoms with E-state index in [1.165, 1.54) is 36.4 Å². The van der Waals surface area contributed by atoms with E-state index >= 15 is 0 Å². The zero-order valence-corrected chi connectivity index (χ0v) is 11.7. The Hall–Kier alpha value is -2.86. The number of hydrogen-bond donors (Lipinski definition) is 5. The number of phenolic OH excluding ortho intramolecular Hbond substituents is 4. The molecule has 0 bridgehead atoms. The van der Waals surface area contributed by atoms with E-state index < -0.39 is 5.75 Å². The van der Waals surface area contributed by atoms with Crippen molar-refractivity contribution in [1.29, 1.82) is 0 Å². The minimum atomic E-state index is -0.447. The molecule has 22 heavy (non-hydrogen) atoms. The third-order valence-corrected chi connectivity index (χ3v) is 3.11. The topological polar surface area (TPSA) is 112 Å². The van der Waals surface area contributed by atoms with Crippen LogP contribution in [0.3, 0.4) is 0 Å². The average Bonchev–Trinajstić information content (AvgIpc) is 2.46. The summed E-state index contributed by atoms with van der Waals surface area (Å²) in [6.45, 7) is 0. The van der Waals surface area contributed by atoms with Gasteiger partial charge >= 0.3 is 11.3 Å². The number of benzene rings is 2. The van der Waals surface area contributed by atoms with Crippen molar-refractivity contribution in [3.63, 3.8) is 0 Å². The molecule has 114 valence electrons. The first-order valence-electron chi connectivity index (χ1n) is 6.00. The monoisotopic (exact) mass is 322 g/mol. The molecule has 2 aromatic carbocycles. The van der Waals surface area contributed by atoms with Crippen LogP contribution in [0.1, 0.15) is 0 Å². The van der Waals surface area contributed by atoms with Crippen molar-refractivity contribution < 1.29 is 42.4 Å². The molecule has 3 rings (SSSR count). The SMILES string of the molecule is Oc1ccc(-c2[o+]c3c(O)c(O)ccc3cc2O)cc1O.[Cl-]. The van der Waals surface area contributed by atoms with E-state index in [2.05, 4.69) is 0 Å². The van der Waals surface area contributed by atoms with Crippen LogP contribution in [-0.4, -0.2) is 25.5 Å². The molecule has 0 amide bonds. The summed E-state index contributed by atoms with van der Waals surface area (Å²) in [7, 11) is 0. The average molecular weight is 323 g/mol. The molecule has 0 aliphatic carbocycles. The van der Waals surface area contributed by atoms with Gasteiger partial charge in [-0.2, -0.15) is 4.42 Å². The van der Waals surface area contributed by atoms with E-state index in [0.717, 1.165) is 0 Å². The second kappa shape index (κ2) is 5.50. The maximum absolute atomic E-state index is 10.0. The lowest BCUT2D eigenvalue weighted by Crippen LogP contribution is -3.00. The maximum Gasteiger partial charge on any atom is 0.406 e. The Morgan fingerprint density at radius 2 is 1.36 bits per heavy atom. The van der Waals surface area contributed by atoms with E-state index in [-0.39, 0.29) is 46.7 Å². The van der Waals surface area contributed by atoms with Crippen molar-refractivity contribution in [3.8, 4) is 40.1 Å². The van der Waals surface area contributed by atoms with Gasteiger partial charge in [-0.3, -0.25) is 0 Å². The van der Waals surface area contributed by atoms with Crippen LogP contribution in [0.2, 0.25) is 0 Å². The zero-order chi connectivity index (χ0) is 15.1. The third-order valence-electron chi connectivity index (χ3n) is 3.11. The second-order valence-electron chi connectivity index (χ2n) is 4.52. The molecular formula is C15H11ClO6. The van der Waals surface area contributed by atoms with Crippen LogP contribution in [0.25, 0.3) is 22.3 Å². The highest BCUT2D eigenvalue weighted by molar-refractivity contribution is 5.88. The van der Waals surface area contributed by atoms with Crippen molar-refractivity contribution in [3.05, 3.63) is 36.4 Å². The Labute approximate surface area is 130 Å². The Balaban J connectivity index is 0.00000176. The van der Waals surface area contributed by atoms with Crippen LogP contribution in [-0.2, 0) is 0 Å². The fraction of sp³-hybridized carbons (Fsp3) is 0. The van der Waals surface area contributed by atoms with Gasteiger partial charge in [-0.1, -0.05) is 0 Å². The minimum Gasteiger partial charge on any atom is -1.00 e. The fourth-order valence-corrected chi connectivity index (χ4v) is 2.04. The van der Waals surface area contributed by atoms with E-state index in [4.69, 9.17) is 4.42 Å². The smallest absolute Gasteiger partial charge is 0.406 e. The van der Waals surface area contributed by atoms with Crippen molar-refractivity contribution in [2.75, 3.05) is 0 Å². The standard InChI is InChI=1S/C15H10O6.ClH/c16-9-3-1-7(5-11(9)18)14-12(19)6-8-2-4-10(17)13(20)15(8)21-14;/h1-6H,(H4-,16,17,18,19,20);1H.